The number of anilines is 1. The summed E-state index contributed by atoms with van der Waals surface area (Å²) in [4.78, 5) is 29.5. The second kappa shape index (κ2) is 6.07. The highest BCUT2D eigenvalue weighted by molar-refractivity contribution is 5.93. The van der Waals surface area contributed by atoms with Crippen LogP contribution < -0.4 is 16.1 Å². The number of alkyl halides is 1. The number of halogens is 2. The van der Waals surface area contributed by atoms with Gasteiger partial charge in [-0.05, 0) is 20.3 Å². The van der Waals surface area contributed by atoms with E-state index in [1.54, 1.807) is 4.90 Å². The quantitative estimate of drug-likeness (QED) is 0.869. The van der Waals surface area contributed by atoms with Gasteiger partial charge in [0.15, 0.2) is 17.9 Å². The third kappa shape index (κ3) is 2.74. The first kappa shape index (κ1) is 17.3. The van der Waals surface area contributed by atoms with Gasteiger partial charge in [-0.15, -0.1) is 0 Å². The third-order valence-corrected chi connectivity index (χ3v) is 4.46. The summed E-state index contributed by atoms with van der Waals surface area (Å²) in [5.74, 6) is -2.23. The van der Waals surface area contributed by atoms with E-state index in [0.29, 0.717) is 19.5 Å². The summed E-state index contributed by atoms with van der Waals surface area (Å²) in [5, 5.41) is 8.95. The number of aromatic carboxylic acids is 1. The highest BCUT2D eigenvalue weighted by Crippen LogP contribution is 2.29. The van der Waals surface area contributed by atoms with Gasteiger partial charge in [0, 0.05) is 30.9 Å². The summed E-state index contributed by atoms with van der Waals surface area (Å²) in [6.07, 6.45) is -0.0727. The van der Waals surface area contributed by atoms with Crippen LogP contribution in [0.5, 0.6) is 0 Å². The lowest BCUT2D eigenvalue weighted by atomic mass is 10.1. The molecule has 1 aliphatic heterocycles. The van der Waals surface area contributed by atoms with Crippen molar-refractivity contribution in [2.24, 2.45) is 5.73 Å². The minimum atomic E-state index is -1.65. The number of nitrogens with two attached hydrogens (primary N) is 1. The predicted molar refractivity (Wildman–Crippen MR) is 88.3 cm³/mol. The summed E-state index contributed by atoms with van der Waals surface area (Å²) in [6.45, 7) is 3.44. The van der Waals surface area contributed by atoms with Gasteiger partial charge in [-0.2, -0.15) is 0 Å². The Kier molecular flexibility index (Phi) is 4.19. The van der Waals surface area contributed by atoms with Crippen LogP contribution in [0, 0.1) is 12.7 Å². The average molecular weight is 352 g/mol. The van der Waals surface area contributed by atoms with Gasteiger partial charge in [0.2, 0.25) is 5.43 Å². The number of aromatic nitrogens is 2. The second-order valence-corrected chi connectivity index (χ2v) is 6.23. The molecular formula is C16H18F2N4O3. The molecule has 0 aromatic carbocycles. The van der Waals surface area contributed by atoms with E-state index in [0.717, 1.165) is 10.8 Å². The normalized spacial score (nSPS) is 18.8. The number of nitrogens with zero attached hydrogens (tertiary/aromatic N) is 3. The van der Waals surface area contributed by atoms with Gasteiger partial charge in [0.25, 0.3) is 0 Å². The molecule has 0 aliphatic carbocycles. The van der Waals surface area contributed by atoms with Crippen molar-refractivity contribution in [1.29, 1.82) is 0 Å². The van der Waals surface area contributed by atoms with Crippen LogP contribution >= 0.6 is 0 Å². The Morgan fingerprint density at radius 1 is 1.52 bits per heavy atom. The minimum Gasteiger partial charge on any atom is -0.477 e. The largest absolute Gasteiger partial charge is 0.477 e. The van der Waals surface area contributed by atoms with Gasteiger partial charge in [-0.3, -0.25) is 4.79 Å². The van der Waals surface area contributed by atoms with Gasteiger partial charge in [-0.1, -0.05) is 0 Å². The smallest absolute Gasteiger partial charge is 0.341 e. The van der Waals surface area contributed by atoms with Crippen LogP contribution in [-0.4, -0.2) is 39.8 Å². The van der Waals surface area contributed by atoms with Crippen molar-refractivity contribution in [3.05, 3.63) is 33.4 Å². The van der Waals surface area contributed by atoms with E-state index >= 15 is 0 Å². The van der Waals surface area contributed by atoms with E-state index in [1.807, 2.05) is 0 Å². The number of carbonyl (C=O) groups is 1. The Bertz CT molecular complexity index is 926. The van der Waals surface area contributed by atoms with E-state index in [-0.39, 0.29) is 28.5 Å². The van der Waals surface area contributed by atoms with Crippen LogP contribution in [0.25, 0.3) is 11.0 Å². The Labute approximate surface area is 141 Å². The van der Waals surface area contributed by atoms with Gasteiger partial charge in [0.1, 0.15) is 11.2 Å². The van der Waals surface area contributed by atoms with Crippen LogP contribution in [-0.2, 0) is 0 Å². The molecule has 1 unspecified atom stereocenters. The minimum absolute atomic E-state index is 0.00479. The van der Waals surface area contributed by atoms with Crippen LogP contribution in [0.3, 0.4) is 0 Å². The Balaban J connectivity index is 2.37. The standard InChI is InChI=1S/C16H18F2N4O3/c1-7-11-13(23)10(16(24)25)6-22(8(2)17)14(11)20-15(12(7)18)21-4-3-9(19)5-21/h6,8-9H,3-5,19H2,1-2H3,(H,24,25)/t8?,9-/m0/s1. The highest BCUT2D eigenvalue weighted by Gasteiger charge is 2.28. The van der Waals surface area contributed by atoms with Crippen LogP contribution in [0.15, 0.2) is 11.0 Å². The fourth-order valence-electron chi connectivity index (χ4n) is 3.12. The number of hydrogen-bond acceptors (Lipinski definition) is 5. The lowest BCUT2D eigenvalue weighted by Crippen LogP contribution is -2.29. The van der Waals surface area contributed by atoms with E-state index in [2.05, 4.69) is 4.98 Å². The molecule has 0 radical (unpaired) electrons. The van der Waals surface area contributed by atoms with E-state index < -0.39 is 29.1 Å². The average Bonchev–Trinajstić information content (AvgIpc) is 2.96. The predicted octanol–water partition coefficient (Wildman–Crippen LogP) is 1.57. The second-order valence-electron chi connectivity index (χ2n) is 6.23. The molecule has 1 fully saturated rings. The molecule has 9 heteroatoms. The van der Waals surface area contributed by atoms with E-state index in [4.69, 9.17) is 5.73 Å². The number of fused-ring (bicyclic) bond motifs is 1. The van der Waals surface area contributed by atoms with Gasteiger partial charge in [-0.25, -0.2) is 18.6 Å². The molecule has 1 saturated heterocycles. The molecule has 25 heavy (non-hydrogen) atoms. The first-order valence-electron chi connectivity index (χ1n) is 7.85. The molecule has 2 atom stereocenters. The maximum Gasteiger partial charge on any atom is 0.341 e. The van der Waals surface area contributed by atoms with Gasteiger partial charge < -0.3 is 20.3 Å². The molecule has 3 heterocycles. The summed E-state index contributed by atoms with van der Waals surface area (Å²) >= 11 is 0. The Hall–Kier alpha value is -2.55. The Morgan fingerprint density at radius 3 is 2.72 bits per heavy atom. The number of aryl methyl sites for hydroxylation is 1. The zero-order chi connectivity index (χ0) is 18.5. The number of carboxylic acids is 1. The van der Waals surface area contributed by atoms with E-state index in [9.17, 15) is 23.5 Å². The fourth-order valence-corrected chi connectivity index (χ4v) is 3.12. The molecule has 0 amide bonds. The van der Waals surface area contributed by atoms with Crippen molar-refractivity contribution in [2.45, 2.75) is 32.6 Å². The Morgan fingerprint density at radius 2 is 2.20 bits per heavy atom. The highest BCUT2D eigenvalue weighted by atomic mass is 19.1. The molecule has 2 aromatic heterocycles. The lowest BCUT2D eigenvalue weighted by Gasteiger charge is -2.21. The molecule has 3 rings (SSSR count). The van der Waals surface area contributed by atoms with Crippen molar-refractivity contribution in [1.82, 2.24) is 9.55 Å². The summed E-state index contributed by atoms with van der Waals surface area (Å²) in [7, 11) is 0. The topological polar surface area (TPSA) is 101 Å². The monoisotopic (exact) mass is 352 g/mol. The molecule has 1 aliphatic rings. The van der Waals surface area contributed by atoms with Crippen LogP contribution in [0.2, 0.25) is 0 Å². The number of pyridine rings is 2. The first-order chi connectivity index (χ1) is 11.7. The summed E-state index contributed by atoms with van der Waals surface area (Å²) in [6, 6.07) is -0.117. The first-order valence-corrected chi connectivity index (χ1v) is 7.85. The van der Waals surface area contributed by atoms with Crippen molar-refractivity contribution in [3.63, 3.8) is 0 Å². The third-order valence-electron chi connectivity index (χ3n) is 4.46. The molecule has 0 bridgehead atoms. The van der Waals surface area contributed by atoms with Gasteiger partial charge >= 0.3 is 5.97 Å². The number of carboxylic acid groups (broad SMARTS) is 1. The zero-order valence-electron chi connectivity index (χ0n) is 13.8. The summed E-state index contributed by atoms with van der Waals surface area (Å²) in [5.41, 5.74) is 4.20. The van der Waals surface area contributed by atoms with Crippen LogP contribution in [0.4, 0.5) is 14.6 Å². The molecule has 7 nitrogen and oxygen atoms in total. The molecule has 134 valence electrons. The summed E-state index contributed by atoms with van der Waals surface area (Å²) < 4.78 is 29.8. The molecule has 3 N–H and O–H groups in total. The van der Waals surface area contributed by atoms with Crippen molar-refractivity contribution in [2.75, 3.05) is 18.0 Å². The molecular weight excluding hydrogens is 334 g/mol. The number of rotatable bonds is 3. The molecule has 2 aromatic rings. The van der Waals surface area contributed by atoms with Gasteiger partial charge in [0.05, 0.1) is 5.39 Å². The van der Waals surface area contributed by atoms with Crippen molar-refractivity contribution < 1.29 is 18.7 Å². The fraction of sp³-hybridized carbons (Fsp3) is 0.438. The van der Waals surface area contributed by atoms with Crippen molar-refractivity contribution >= 4 is 22.8 Å². The maximum atomic E-state index is 14.8. The molecule has 0 spiro atoms. The maximum absolute atomic E-state index is 14.8. The van der Waals surface area contributed by atoms with E-state index in [1.165, 1.54) is 13.8 Å². The zero-order valence-corrected chi connectivity index (χ0v) is 13.8. The van der Waals surface area contributed by atoms with Crippen molar-refractivity contribution in [3.8, 4) is 0 Å². The number of hydrogen-bond donors (Lipinski definition) is 2. The van der Waals surface area contributed by atoms with Crippen LogP contribution in [0.1, 0.15) is 35.6 Å². The SMILES string of the molecule is Cc1c(F)c(N2CC[C@H](N)C2)nc2c1c(=O)c(C(=O)O)cn2C(C)F. The molecule has 0 saturated carbocycles. The lowest BCUT2D eigenvalue weighted by molar-refractivity contribution is 0.0694.